The number of amidine groups is 1. The number of carboxylic acid groups (broad SMARTS) is 1. The summed E-state index contributed by atoms with van der Waals surface area (Å²) < 4.78 is 12.8. The van der Waals surface area contributed by atoms with Crippen LogP contribution in [0.4, 0.5) is 5.69 Å². The fraction of sp³-hybridized carbons (Fsp3) is 0.148. The molecule has 1 aliphatic rings. The van der Waals surface area contributed by atoms with Crippen LogP contribution in [0.5, 0.6) is 11.5 Å². The van der Waals surface area contributed by atoms with Crippen molar-refractivity contribution in [3.05, 3.63) is 92.8 Å². The van der Waals surface area contributed by atoms with Crippen molar-refractivity contribution in [1.29, 1.82) is 0 Å². The number of amides is 1. The normalized spacial score (nSPS) is 15.5. The Bertz CT molecular complexity index is 1340. The van der Waals surface area contributed by atoms with Crippen molar-refractivity contribution in [1.82, 2.24) is 4.90 Å². The standard InChI is InChI=1S/C27H23BrN2O5S/c1-3-34-23-14-18(6-13-22(23)35-16-17-4-9-20(28)10-5-17)15-24-25(31)30(2)27(36-24)29-21-11-7-19(8-12-21)26(32)33/h4-15H,3,16H2,1-2H3,(H,32,33)/b24-15-,29-27?. The Labute approximate surface area is 221 Å². The zero-order chi connectivity index (χ0) is 25.7. The summed E-state index contributed by atoms with van der Waals surface area (Å²) in [6.45, 7) is 2.78. The minimum atomic E-state index is -1.00. The maximum absolute atomic E-state index is 12.8. The summed E-state index contributed by atoms with van der Waals surface area (Å²) in [6, 6.07) is 19.7. The fourth-order valence-corrected chi connectivity index (χ4v) is 4.59. The van der Waals surface area contributed by atoms with E-state index < -0.39 is 5.97 Å². The van der Waals surface area contributed by atoms with Gasteiger partial charge >= 0.3 is 5.97 Å². The number of likely N-dealkylation sites (N-methyl/N-ethyl adjacent to an activating group) is 1. The second-order valence-corrected chi connectivity index (χ2v) is 9.70. The maximum Gasteiger partial charge on any atom is 0.335 e. The van der Waals surface area contributed by atoms with Crippen molar-refractivity contribution in [3.8, 4) is 11.5 Å². The number of thioether (sulfide) groups is 1. The fourth-order valence-electron chi connectivity index (χ4n) is 3.34. The average Bonchev–Trinajstić information content (AvgIpc) is 3.12. The Morgan fingerprint density at radius 3 is 2.44 bits per heavy atom. The summed E-state index contributed by atoms with van der Waals surface area (Å²) in [4.78, 5) is 30.4. The predicted octanol–water partition coefficient (Wildman–Crippen LogP) is 6.36. The molecule has 4 rings (SSSR count). The number of nitrogens with zero attached hydrogens (tertiary/aromatic N) is 2. The number of carbonyl (C=O) groups excluding carboxylic acids is 1. The third-order valence-electron chi connectivity index (χ3n) is 5.22. The van der Waals surface area contributed by atoms with Gasteiger partial charge in [0.25, 0.3) is 5.91 Å². The molecule has 7 nitrogen and oxygen atoms in total. The second-order valence-electron chi connectivity index (χ2n) is 7.78. The number of halogens is 1. The lowest BCUT2D eigenvalue weighted by atomic mass is 10.1. The first-order valence-electron chi connectivity index (χ1n) is 11.1. The van der Waals surface area contributed by atoms with E-state index in [4.69, 9.17) is 14.6 Å². The molecule has 0 radical (unpaired) electrons. The van der Waals surface area contributed by atoms with Crippen LogP contribution in [0.15, 0.2) is 81.1 Å². The van der Waals surface area contributed by atoms with Gasteiger partial charge in [-0.15, -0.1) is 0 Å². The lowest BCUT2D eigenvalue weighted by Gasteiger charge is -2.13. The molecule has 0 unspecified atom stereocenters. The van der Waals surface area contributed by atoms with Gasteiger partial charge in [-0.05, 0) is 84.4 Å². The van der Waals surface area contributed by atoms with Crippen molar-refractivity contribution in [2.45, 2.75) is 13.5 Å². The van der Waals surface area contributed by atoms with Crippen molar-refractivity contribution >= 4 is 56.5 Å². The minimum absolute atomic E-state index is 0.172. The van der Waals surface area contributed by atoms with E-state index in [1.54, 1.807) is 25.3 Å². The summed E-state index contributed by atoms with van der Waals surface area (Å²) in [7, 11) is 1.66. The first-order valence-corrected chi connectivity index (χ1v) is 12.7. The highest BCUT2D eigenvalue weighted by Crippen LogP contribution is 2.35. The molecule has 1 amide bonds. The lowest BCUT2D eigenvalue weighted by Crippen LogP contribution is -2.23. The Morgan fingerprint density at radius 1 is 1.06 bits per heavy atom. The number of hydrogen-bond acceptors (Lipinski definition) is 6. The predicted molar refractivity (Wildman–Crippen MR) is 145 cm³/mol. The lowest BCUT2D eigenvalue weighted by molar-refractivity contribution is -0.121. The van der Waals surface area contributed by atoms with E-state index in [-0.39, 0.29) is 11.5 Å². The van der Waals surface area contributed by atoms with Gasteiger partial charge in [-0.2, -0.15) is 0 Å². The highest BCUT2D eigenvalue weighted by Gasteiger charge is 2.30. The zero-order valence-electron chi connectivity index (χ0n) is 19.6. The molecule has 0 aromatic heterocycles. The van der Waals surface area contributed by atoms with Crippen LogP contribution in [-0.2, 0) is 11.4 Å². The highest BCUT2D eigenvalue weighted by atomic mass is 79.9. The number of carbonyl (C=O) groups is 2. The molecule has 9 heteroatoms. The average molecular weight is 567 g/mol. The molecule has 36 heavy (non-hydrogen) atoms. The first-order chi connectivity index (χ1) is 17.3. The molecule has 0 bridgehead atoms. The molecule has 1 saturated heterocycles. The Kier molecular flexibility index (Phi) is 8.12. The van der Waals surface area contributed by atoms with E-state index in [9.17, 15) is 9.59 Å². The smallest absolute Gasteiger partial charge is 0.335 e. The number of rotatable bonds is 8. The summed E-state index contributed by atoms with van der Waals surface area (Å²) in [6.07, 6.45) is 1.79. The molecule has 184 valence electrons. The quantitative estimate of drug-likeness (QED) is 0.319. The van der Waals surface area contributed by atoms with Gasteiger partial charge < -0.3 is 14.6 Å². The molecule has 1 fully saturated rings. The molecule has 0 saturated carbocycles. The molecule has 3 aromatic rings. The van der Waals surface area contributed by atoms with Gasteiger partial charge in [0.15, 0.2) is 16.7 Å². The molecule has 0 atom stereocenters. The van der Waals surface area contributed by atoms with Crippen molar-refractivity contribution in [2.24, 2.45) is 4.99 Å². The summed E-state index contributed by atoms with van der Waals surface area (Å²) >= 11 is 4.69. The Morgan fingerprint density at radius 2 is 1.78 bits per heavy atom. The third kappa shape index (κ3) is 6.16. The summed E-state index contributed by atoms with van der Waals surface area (Å²) in [5.41, 5.74) is 2.57. The van der Waals surface area contributed by atoms with Crippen LogP contribution >= 0.6 is 27.7 Å². The monoisotopic (exact) mass is 566 g/mol. The zero-order valence-corrected chi connectivity index (χ0v) is 22.0. The van der Waals surface area contributed by atoms with Gasteiger partial charge in [0, 0.05) is 11.5 Å². The van der Waals surface area contributed by atoms with Crippen LogP contribution in [0, 0.1) is 0 Å². The largest absolute Gasteiger partial charge is 0.490 e. The molecule has 1 aliphatic heterocycles. The number of ether oxygens (including phenoxy) is 2. The molecule has 0 aliphatic carbocycles. The summed E-state index contributed by atoms with van der Waals surface area (Å²) in [5, 5.41) is 9.56. The van der Waals surface area contributed by atoms with E-state index in [1.807, 2.05) is 49.4 Å². The molecule has 1 N–H and O–H groups in total. The summed E-state index contributed by atoms with van der Waals surface area (Å²) in [5.74, 6) is 0.0456. The highest BCUT2D eigenvalue weighted by molar-refractivity contribution is 9.10. The number of carboxylic acids is 1. The second kappa shape index (κ2) is 11.5. The number of benzene rings is 3. The van der Waals surface area contributed by atoms with Gasteiger partial charge in [0.2, 0.25) is 0 Å². The van der Waals surface area contributed by atoms with Crippen LogP contribution in [0.3, 0.4) is 0 Å². The molecular weight excluding hydrogens is 544 g/mol. The van der Waals surface area contributed by atoms with E-state index >= 15 is 0 Å². The van der Waals surface area contributed by atoms with Gasteiger partial charge in [0.05, 0.1) is 22.8 Å². The SMILES string of the molecule is CCOc1cc(/C=C2\SC(=Nc3ccc(C(=O)O)cc3)N(C)C2=O)ccc1OCc1ccc(Br)cc1. The number of aromatic carboxylic acids is 1. The van der Waals surface area contributed by atoms with Crippen LogP contribution in [0.1, 0.15) is 28.4 Å². The van der Waals surface area contributed by atoms with E-state index in [0.717, 1.165) is 15.6 Å². The van der Waals surface area contributed by atoms with Gasteiger partial charge in [-0.1, -0.05) is 34.1 Å². The molecule has 0 spiro atoms. The van der Waals surface area contributed by atoms with E-state index in [2.05, 4.69) is 20.9 Å². The van der Waals surface area contributed by atoms with Crippen LogP contribution in [0.2, 0.25) is 0 Å². The van der Waals surface area contributed by atoms with Gasteiger partial charge in [-0.25, -0.2) is 9.79 Å². The van der Waals surface area contributed by atoms with E-state index in [1.165, 1.54) is 28.8 Å². The van der Waals surface area contributed by atoms with Gasteiger partial charge in [-0.3, -0.25) is 9.69 Å². The first kappa shape index (κ1) is 25.5. The molecule has 3 aromatic carbocycles. The minimum Gasteiger partial charge on any atom is -0.490 e. The van der Waals surface area contributed by atoms with Crippen molar-refractivity contribution < 1.29 is 24.2 Å². The van der Waals surface area contributed by atoms with Crippen LogP contribution < -0.4 is 9.47 Å². The van der Waals surface area contributed by atoms with E-state index in [0.29, 0.717) is 40.5 Å². The van der Waals surface area contributed by atoms with Gasteiger partial charge in [0.1, 0.15) is 6.61 Å². The van der Waals surface area contributed by atoms with Crippen molar-refractivity contribution in [3.63, 3.8) is 0 Å². The topological polar surface area (TPSA) is 88.4 Å². The Balaban J connectivity index is 1.52. The number of hydrogen-bond donors (Lipinski definition) is 1. The third-order valence-corrected chi connectivity index (χ3v) is 6.80. The molecular formula is C27H23BrN2O5S. The van der Waals surface area contributed by atoms with Crippen LogP contribution in [-0.4, -0.2) is 40.7 Å². The Hall–Kier alpha value is -3.56. The maximum atomic E-state index is 12.8. The number of aliphatic imine (C=N–C) groups is 1. The molecule has 1 heterocycles. The van der Waals surface area contributed by atoms with Crippen LogP contribution in [0.25, 0.3) is 6.08 Å². The van der Waals surface area contributed by atoms with Crippen molar-refractivity contribution in [2.75, 3.05) is 13.7 Å².